The number of hydrogen-bond acceptors (Lipinski definition) is 5. The number of fused-ring (bicyclic) bond motifs is 1. The van der Waals surface area contributed by atoms with Gasteiger partial charge in [-0.3, -0.25) is 4.79 Å². The summed E-state index contributed by atoms with van der Waals surface area (Å²) in [5.41, 5.74) is 1.99. The summed E-state index contributed by atoms with van der Waals surface area (Å²) < 4.78 is 31.8. The van der Waals surface area contributed by atoms with E-state index in [1.54, 1.807) is 24.3 Å². The van der Waals surface area contributed by atoms with E-state index in [2.05, 4.69) is 25.4 Å². The van der Waals surface area contributed by atoms with Crippen LogP contribution in [0.4, 0.5) is 0 Å². The Labute approximate surface area is 180 Å². The number of amides is 1. The molecule has 1 amide bonds. The van der Waals surface area contributed by atoms with Crippen molar-refractivity contribution >= 4 is 37.3 Å². The summed E-state index contributed by atoms with van der Waals surface area (Å²) in [6, 6.07) is 12.5. The van der Waals surface area contributed by atoms with E-state index in [4.69, 9.17) is 4.74 Å². The highest BCUT2D eigenvalue weighted by Crippen LogP contribution is 2.22. The van der Waals surface area contributed by atoms with Crippen LogP contribution in [-0.2, 0) is 21.2 Å². The first kappa shape index (κ1) is 22.0. The van der Waals surface area contributed by atoms with Crippen molar-refractivity contribution in [2.24, 2.45) is 4.99 Å². The average molecular weight is 445 g/mol. The summed E-state index contributed by atoms with van der Waals surface area (Å²) in [6.45, 7) is 8.24. The van der Waals surface area contributed by atoms with Gasteiger partial charge in [0, 0.05) is 12.8 Å². The van der Waals surface area contributed by atoms with Crippen molar-refractivity contribution in [1.82, 2.24) is 4.57 Å². The van der Waals surface area contributed by atoms with Gasteiger partial charge in [-0.2, -0.15) is 4.99 Å². The maximum Gasteiger partial charge on any atom is 0.286 e. The van der Waals surface area contributed by atoms with Gasteiger partial charge in [0.15, 0.2) is 21.2 Å². The van der Waals surface area contributed by atoms with E-state index in [1.807, 2.05) is 28.8 Å². The van der Waals surface area contributed by atoms with Crippen molar-refractivity contribution in [2.45, 2.75) is 31.2 Å². The van der Waals surface area contributed by atoms with Gasteiger partial charge in [0.1, 0.15) is 5.75 Å². The molecule has 0 bridgehead atoms. The topological polar surface area (TPSA) is 77.7 Å². The number of ether oxygens (including phenoxy) is 1. The molecule has 3 rings (SSSR count). The third kappa shape index (κ3) is 5.06. The molecule has 0 saturated heterocycles. The number of hydrogen-bond donors (Lipinski definition) is 0. The molecule has 158 valence electrons. The monoisotopic (exact) mass is 444 g/mol. The van der Waals surface area contributed by atoms with Crippen LogP contribution in [0.15, 0.2) is 65.0 Å². The molecule has 8 heteroatoms. The number of benzene rings is 2. The van der Waals surface area contributed by atoms with Crippen LogP contribution in [0.3, 0.4) is 0 Å². The van der Waals surface area contributed by atoms with Gasteiger partial charge in [0.2, 0.25) is 0 Å². The Kier molecular flexibility index (Phi) is 6.58. The molecule has 1 aromatic heterocycles. The summed E-state index contributed by atoms with van der Waals surface area (Å²) in [7, 11) is -3.32. The largest absolute Gasteiger partial charge is 0.484 e. The first-order valence-electron chi connectivity index (χ1n) is 9.43. The van der Waals surface area contributed by atoms with E-state index in [9.17, 15) is 13.2 Å². The van der Waals surface area contributed by atoms with E-state index >= 15 is 0 Å². The molecule has 0 unspecified atom stereocenters. The highest BCUT2D eigenvalue weighted by Gasteiger charge is 2.12. The minimum atomic E-state index is -3.32. The Morgan fingerprint density at radius 2 is 1.93 bits per heavy atom. The predicted molar refractivity (Wildman–Crippen MR) is 120 cm³/mol. The first-order valence-corrected chi connectivity index (χ1v) is 12.1. The van der Waals surface area contributed by atoms with E-state index in [0.717, 1.165) is 10.2 Å². The molecule has 6 nitrogen and oxygen atoms in total. The second-order valence-corrected chi connectivity index (χ2v) is 10.2. The number of rotatable bonds is 7. The molecule has 0 N–H and O–H groups in total. The zero-order valence-corrected chi connectivity index (χ0v) is 18.8. The molecule has 0 aliphatic heterocycles. The molecule has 30 heavy (non-hydrogen) atoms. The van der Waals surface area contributed by atoms with Gasteiger partial charge in [-0.1, -0.05) is 43.4 Å². The van der Waals surface area contributed by atoms with E-state index < -0.39 is 15.7 Å². The van der Waals surface area contributed by atoms with Gasteiger partial charge in [0.25, 0.3) is 5.91 Å². The standard InChI is InChI=1S/C22H24N2O4S2/c1-5-12-24-19-11-10-18(30(4,26)27)13-20(19)29-22(24)23-21(25)14-28-17-8-6-16(7-9-17)15(2)3/h5-11,13,15H,1,12,14H2,2-4H3. The van der Waals surface area contributed by atoms with Crippen molar-refractivity contribution in [3.05, 3.63) is 65.5 Å². The summed E-state index contributed by atoms with van der Waals surface area (Å²) in [4.78, 5) is 17.3. The van der Waals surface area contributed by atoms with Gasteiger partial charge in [0.05, 0.1) is 15.1 Å². The molecule has 0 saturated carbocycles. The van der Waals surface area contributed by atoms with E-state index in [0.29, 0.717) is 23.0 Å². The average Bonchev–Trinajstić information content (AvgIpc) is 3.02. The molecule has 0 aliphatic rings. The Morgan fingerprint density at radius 1 is 1.23 bits per heavy atom. The summed E-state index contributed by atoms with van der Waals surface area (Å²) in [6.07, 6.45) is 2.87. The second-order valence-electron chi connectivity index (χ2n) is 7.20. The van der Waals surface area contributed by atoms with Gasteiger partial charge in [-0.15, -0.1) is 6.58 Å². The van der Waals surface area contributed by atoms with Crippen LogP contribution in [0.5, 0.6) is 5.75 Å². The van der Waals surface area contributed by atoms with Gasteiger partial charge >= 0.3 is 0 Å². The van der Waals surface area contributed by atoms with E-state index in [-0.39, 0.29) is 11.5 Å². The number of aromatic nitrogens is 1. The lowest BCUT2D eigenvalue weighted by atomic mass is 10.0. The summed E-state index contributed by atoms with van der Waals surface area (Å²) in [5, 5.41) is 0. The fourth-order valence-electron chi connectivity index (χ4n) is 2.91. The van der Waals surface area contributed by atoms with Crippen LogP contribution in [-0.4, -0.2) is 31.8 Å². The number of allylic oxidation sites excluding steroid dienone is 1. The maximum absolute atomic E-state index is 12.4. The molecule has 0 spiro atoms. The maximum atomic E-state index is 12.4. The van der Waals surface area contributed by atoms with Crippen LogP contribution in [0, 0.1) is 0 Å². The Hall–Kier alpha value is -2.71. The van der Waals surface area contributed by atoms with Gasteiger partial charge in [-0.25, -0.2) is 8.42 Å². The highest BCUT2D eigenvalue weighted by molar-refractivity contribution is 7.90. The Bertz CT molecular complexity index is 1250. The van der Waals surface area contributed by atoms with Gasteiger partial charge in [-0.05, 0) is 41.8 Å². The van der Waals surface area contributed by atoms with Crippen LogP contribution in [0.1, 0.15) is 25.3 Å². The van der Waals surface area contributed by atoms with Crippen LogP contribution < -0.4 is 9.54 Å². The number of carbonyl (C=O) groups is 1. The van der Waals surface area contributed by atoms with Crippen LogP contribution >= 0.6 is 11.3 Å². The minimum absolute atomic E-state index is 0.183. The Balaban J connectivity index is 1.87. The van der Waals surface area contributed by atoms with Crippen molar-refractivity contribution in [1.29, 1.82) is 0 Å². The van der Waals surface area contributed by atoms with Gasteiger partial charge < -0.3 is 9.30 Å². The lowest BCUT2D eigenvalue weighted by molar-refractivity contribution is -0.120. The quantitative estimate of drug-likeness (QED) is 0.518. The zero-order valence-electron chi connectivity index (χ0n) is 17.2. The normalized spacial score (nSPS) is 12.5. The molecular weight excluding hydrogens is 420 g/mol. The third-order valence-electron chi connectivity index (χ3n) is 4.52. The number of nitrogens with zero attached hydrogens (tertiary/aromatic N) is 2. The molecule has 1 heterocycles. The predicted octanol–water partition coefficient (Wildman–Crippen LogP) is 3.92. The number of sulfone groups is 1. The molecule has 3 aromatic rings. The van der Waals surface area contributed by atoms with Crippen molar-refractivity contribution in [2.75, 3.05) is 12.9 Å². The second kappa shape index (κ2) is 8.97. The summed E-state index contributed by atoms with van der Waals surface area (Å²) in [5.74, 6) is 0.610. The van der Waals surface area contributed by atoms with Crippen LogP contribution in [0.25, 0.3) is 10.2 Å². The number of thiazole rings is 1. The fourth-order valence-corrected chi connectivity index (χ4v) is 4.73. The molecular formula is C22H24N2O4S2. The smallest absolute Gasteiger partial charge is 0.286 e. The number of carbonyl (C=O) groups excluding carboxylic acids is 1. The Morgan fingerprint density at radius 3 is 2.53 bits per heavy atom. The lowest BCUT2D eigenvalue weighted by Gasteiger charge is -2.07. The molecule has 0 aliphatic carbocycles. The SMILES string of the molecule is C=CCn1c(=NC(=O)COc2ccc(C(C)C)cc2)sc2cc(S(C)(=O)=O)ccc21. The van der Waals surface area contributed by atoms with Crippen molar-refractivity contribution in [3.8, 4) is 5.75 Å². The molecule has 2 aromatic carbocycles. The molecule has 0 fully saturated rings. The highest BCUT2D eigenvalue weighted by atomic mass is 32.2. The third-order valence-corrected chi connectivity index (χ3v) is 6.67. The molecule has 0 radical (unpaired) electrons. The first-order chi connectivity index (χ1) is 14.2. The van der Waals surface area contributed by atoms with E-state index in [1.165, 1.54) is 23.2 Å². The van der Waals surface area contributed by atoms with Crippen molar-refractivity contribution in [3.63, 3.8) is 0 Å². The van der Waals surface area contributed by atoms with Crippen molar-refractivity contribution < 1.29 is 17.9 Å². The molecule has 0 atom stereocenters. The zero-order chi connectivity index (χ0) is 21.9. The lowest BCUT2D eigenvalue weighted by Crippen LogP contribution is -2.19. The minimum Gasteiger partial charge on any atom is -0.484 e. The summed E-state index contributed by atoms with van der Waals surface area (Å²) >= 11 is 1.26. The van der Waals surface area contributed by atoms with Crippen LogP contribution in [0.2, 0.25) is 0 Å². The fraction of sp³-hybridized carbons (Fsp3) is 0.273.